The molecule has 20 heavy (non-hydrogen) atoms. The van der Waals surface area contributed by atoms with Gasteiger partial charge in [-0.25, -0.2) is 4.79 Å². The van der Waals surface area contributed by atoms with Crippen LogP contribution in [0.4, 0.5) is 0 Å². The molecule has 0 amide bonds. The predicted molar refractivity (Wildman–Crippen MR) is 80.0 cm³/mol. The van der Waals surface area contributed by atoms with Crippen molar-refractivity contribution in [1.82, 2.24) is 0 Å². The minimum atomic E-state index is -1.03. The minimum Gasteiger partial charge on any atom is -0.496 e. The first-order valence-electron chi connectivity index (χ1n) is 5.96. The largest absolute Gasteiger partial charge is 0.496 e. The van der Waals surface area contributed by atoms with Crippen molar-refractivity contribution in [3.63, 3.8) is 0 Å². The fourth-order valence-corrected chi connectivity index (χ4v) is 2.06. The molecule has 0 heterocycles. The van der Waals surface area contributed by atoms with E-state index in [2.05, 4.69) is 0 Å². The number of para-hydroxylation sites is 1. The van der Waals surface area contributed by atoms with E-state index in [0.717, 1.165) is 0 Å². The first-order valence-corrected chi connectivity index (χ1v) is 6.34. The standard InChI is InChI=1S/C16H13ClO3/c1-20-15-9-5-3-7-12(15)13(16(18)19)10-11-6-2-4-8-14(11)17/h2-10H,1H3,(H,18,19)/b13-10+. The lowest BCUT2D eigenvalue weighted by atomic mass is 10.0. The molecule has 2 aromatic carbocycles. The molecule has 0 saturated heterocycles. The van der Waals surface area contributed by atoms with Gasteiger partial charge in [0.2, 0.25) is 0 Å². The third kappa shape index (κ3) is 3.00. The van der Waals surface area contributed by atoms with Gasteiger partial charge in [0.15, 0.2) is 0 Å². The van der Waals surface area contributed by atoms with Crippen LogP contribution in [0.1, 0.15) is 11.1 Å². The molecular weight excluding hydrogens is 276 g/mol. The Labute approximate surface area is 122 Å². The number of halogens is 1. The molecule has 0 spiro atoms. The molecule has 0 fully saturated rings. The first kappa shape index (κ1) is 14.2. The minimum absolute atomic E-state index is 0.135. The highest BCUT2D eigenvalue weighted by molar-refractivity contribution is 6.33. The van der Waals surface area contributed by atoms with Gasteiger partial charge in [-0.15, -0.1) is 0 Å². The van der Waals surface area contributed by atoms with Gasteiger partial charge in [0.05, 0.1) is 12.7 Å². The third-order valence-electron chi connectivity index (χ3n) is 2.83. The molecule has 0 atom stereocenters. The Morgan fingerprint density at radius 2 is 1.80 bits per heavy atom. The summed E-state index contributed by atoms with van der Waals surface area (Å²) in [5, 5.41) is 9.93. The molecule has 0 saturated carbocycles. The first-order chi connectivity index (χ1) is 9.63. The van der Waals surface area contributed by atoms with Gasteiger partial charge in [-0.2, -0.15) is 0 Å². The van der Waals surface area contributed by atoms with Crippen LogP contribution >= 0.6 is 11.6 Å². The summed E-state index contributed by atoms with van der Waals surface area (Å²) in [5.41, 5.74) is 1.30. The zero-order valence-electron chi connectivity index (χ0n) is 10.8. The van der Waals surface area contributed by atoms with Crippen molar-refractivity contribution in [1.29, 1.82) is 0 Å². The van der Waals surface area contributed by atoms with Crippen molar-refractivity contribution in [3.8, 4) is 5.75 Å². The molecule has 0 radical (unpaired) electrons. The summed E-state index contributed by atoms with van der Waals surface area (Å²) in [6.45, 7) is 0. The molecule has 0 aliphatic rings. The maximum atomic E-state index is 11.5. The van der Waals surface area contributed by atoms with E-state index >= 15 is 0 Å². The summed E-state index contributed by atoms with van der Waals surface area (Å²) in [5.74, 6) is -0.525. The zero-order chi connectivity index (χ0) is 14.5. The van der Waals surface area contributed by atoms with Crippen LogP contribution in [0.3, 0.4) is 0 Å². The van der Waals surface area contributed by atoms with E-state index in [4.69, 9.17) is 16.3 Å². The van der Waals surface area contributed by atoms with Crippen molar-refractivity contribution in [2.45, 2.75) is 0 Å². The van der Waals surface area contributed by atoms with E-state index < -0.39 is 5.97 Å². The highest BCUT2D eigenvalue weighted by Crippen LogP contribution is 2.29. The fraction of sp³-hybridized carbons (Fsp3) is 0.0625. The number of methoxy groups -OCH3 is 1. The quantitative estimate of drug-likeness (QED) is 0.684. The van der Waals surface area contributed by atoms with Gasteiger partial charge >= 0.3 is 5.97 Å². The van der Waals surface area contributed by atoms with Crippen molar-refractivity contribution >= 4 is 29.2 Å². The van der Waals surface area contributed by atoms with Crippen LogP contribution < -0.4 is 4.74 Å². The molecule has 1 N–H and O–H groups in total. The van der Waals surface area contributed by atoms with Gasteiger partial charge in [-0.05, 0) is 23.8 Å². The Bertz CT molecular complexity index is 662. The average Bonchev–Trinajstić information content (AvgIpc) is 2.46. The Morgan fingerprint density at radius 3 is 2.45 bits per heavy atom. The van der Waals surface area contributed by atoms with Gasteiger partial charge in [-0.1, -0.05) is 48.0 Å². The van der Waals surface area contributed by atoms with Crippen molar-refractivity contribution < 1.29 is 14.6 Å². The van der Waals surface area contributed by atoms with E-state index in [1.807, 2.05) is 0 Å². The summed E-state index contributed by atoms with van der Waals surface area (Å²) >= 11 is 6.07. The van der Waals surface area contributed by atoms with Gasteiger partial charge < -0.3 is 9.84 Å². The van der Waals surface area contributed by atoms with Gasteiger partial charge in [0, 0.05) is 10.6 Å². The SMILES string of the molecule is COc1ccccc1/C(=C\c1ccccc1Cl)C(=O)O. The molecular formula is C16H13ClO3. The lowest BCUT2D eigenvalue weighted by Crippen LogP contribution is -2.02. The Morgan fingerprint density at radius 1 is 1.15 bits per heavy atom. The molecule has 0 bridgehead atoms. The maximum absolute atomic E-state index is 11.5. The summed E-state index contributed by atoms with van der Waals surface area (Å²) in [6.07, 6.45) is 1.54. The second-order valence-corrected chi connectivity index (χ2v) is 4.49. The van der Waals surface area contributed by atoms with Crippen LogP contribution in [0.5, 0.6) is 5.75 Å². The smallest absolute Gasteiger partial charge is 0.336 e. The summed E-state index contributed by atoms with van der Waals surface area (Å²) in [6, 6.07) is 14.1. The number of benzene rings is 2. The van der Waals surface area contributed by atoms with Gasteiger partial charge in [0.25, 0.3) is 0 Å². The van der Waals surface area contributed by atoms with Crippen LogP contribution in [0.15, 0.2) is 48.5 Å². The lowest BCUT2D eigenvalue weighted by Gasteiger charge is -2.09. The van der Waals surface area contributed by atoms with Gasteiger partial charge in [-0.3, -0.25) is 0 Å². The third-order valence-corrected chi connectivity index (χ3v) is 3.18. The molecule has 102 valence electrons. The number of hydrogen-bond donors (Lipinski definition) is 1. The predicted octanol–water partition coefficient (Wildman–Crippen LogP) is 3.97. The van der Waals surface area contributed by atoms with E-state index in [0.29, 0.717) is 21.9 Å². The summed E-state index contributed by atoms with van der Waals surface area (Å²) in [4.78, 5) is 11.5. The second-order valence-electron chi connectivity index (χ2n) is 4.08. The van der Waals surface area contributed by atoms with Crippen molar-refractivity contribution in [2.75, 3.05) is 7.11 Å². The summed E-state index contributed by atoms with van der Waals surface area (Å²) in [7, 11) is 1.51. The van der Waals surface area contributed by atoms with E-state index in [-0.39, 0.29) is 5.57 Å². The highest BCUT2D eigenvalue weighted by atomic mass is 35.5. The maximum Gasteiger partial charge on any atom is 0.336 e. The molecule has 0 unspecified atom stereocenters. The fourth-order valence-electron chi connectivity index (χ4n) is 1.87. The van der Waals surface area contributed by atoms with Crippen LogP contribution in [-0.2, 0) is 4.79 Å². The normalized spacial score (nSPS) is 11.2. The van der Waals surface area contributed by atoms with Crippen molar-refractivity contribution in [3.05, 3.63) is 64.7 Å². The number of aliphatic carboxylic acids is 1. The molecule has 0 aromatic heterocycles. The zero-order valence-corrected chi connectivity index (χ0v) is 11.6. The van der Waals surface area contributed by atoms with E-state index in [1.54, 1.807) is 54.6 Å². The number of hydrogen-bond acceptors (Lipinski definition) is 2. The number of carboxylic acids is 1. The van der Waals surface area contributed by atoms with E-state index in [9.17, 15) is 9.90 Å². The number of carboxylic acid groups (broad SMARTS) is 1. The van der Waals surface area contributed by atoms with Crippen molar-refractivity contribution in [2.24, 2.45) is 0 Å². The highest BCUT2D eigenvalue weighted by Gasteiger charge is 2.15. The van der Waals surface area contributed by atoms with Crippen LogP contribution in [0.2, 0.25) is 5.02 Å². The number of rotatable bonds is 4. The van der Waals surface area contributed by atoms with Crippen LogP contribution in [0.25, 0.3) is 11.6 Å². The Hall–Kier alpha value is -2.26. The molecule has 3 nitrogen and oxygen atoms in total. The second kappa shape index (κ2) is 6.26. The topological polar surface area (TPSA) is 46.5 Å². The molecule has 0 aliphatic heterocycles. The molecule has 0 aliphatic carbocycles. The van der Waals surface area contributed by atoms with E-state index in [1.165, 1.54) is 7.11 Å². The number of ether oxygens (including phenoxy) is 1. The van der Waals surface area contributed by atoms with Crippen LogP contribution in [-0.4, -0.2) is 18.2 Å². The molecule has 2 aromatic rings. The lowest BCUT2D eigenvalue weighted by molar-refractivity contribution is -0.130. The Kier molecular flexibility index (Phi) is 4.43. The van der Waals surface area contributed by atoms with Crippen LogP contribution in [0, 0.1) is 0 Å². The average molecular weight is 289 g/mol. The number of carbonyl (C=O) groups is 1. The molecule has 4 heteroatoms. The van der Waals surface area contributed by atoms with Gasteiger partial charge in [0.1, 0.15) is 5.75 Å². The molecule has 2 rings (SSSR count). The summed E-state index contributed by atoms with van der Waals surface area (Å²) < 4.78 is 5.21. The monoisotopic (exact) mass is 288 g/mol. The Balaban J connectivity index is 2.58.